The van der Waals surface area contributed by atoms with Gasteiger partial charge in [0.15, 0.2) is 11.4 Å². The molecule has 3 aromatic carbocycles. The van der Waals surface area contributed by atoms with Gasteiger partial charge in [-0.3, -0.25) is 0 Å². The van der Waals surface area contributed by atoms with Gasteiger partial charge < -0.3 is 29.8 Å². The van der Waals surface area contributed by atoms with E-state index in [1.165, 1.54) is 0 Å². The lowest BCUT2D eigenvalue weighted by Gasteiger charge is -2.41. The summed E-state index contributed by atoms with van der Waals surface area (Å²) < 4.78 is 14.9. The maximum absolute atomic E-state index is 11.9. The molecule has 0 radical (unpaired) electrons. The Kier molecular flexibility index (Phi) is 9.82. The lowest BCUT2D eigenvalue weighted by molar-refractivity contribution is -0.276. The molecule has 1 aliphatic rings. The maximum atomic E-state index is 11.9. The Morgan fingerprint density at radius 3 is 2.36 bits per heavy atom. The topological polar surface area (TPSA) is 97.6 Å². The molecule has 4 atom stereocenters. The molecule has 1 saturated heterocycles. The van der Waals surface area contributed by atoms with E-state index in [-0.39, 0.29) is 35.9 Å². The van der Waals surface area contributed by atoms with E-state index in [2.05, 4.69) is 22.5 Å². The third kappa shape index (κ3) is 6.80. The summed E-state index contributed by atoms with van der Waals surface area (Å²) in [6.45, 7) is 5.39. The van der Waals surface area contributed by atoms with Crippen LogP contribution in [-0.4, -0.2) is 33.3 Å². The second kappa shape index (κ2) is 13.7. The first-order chi connectivity index (χ1) is 20.4. The Morgan fingerprint density at radius 2 is 1.69 bits per heavy atom. The van der Waals surface area contributed by atoms with Gasteiger partial charge in [0.1, 0.15) is 5.15 Å². The second-order valence-corrected chi connectivity index (χ2v) is 11.0. The van der Waals surface area contributed by atoms with Crippen LogP contribution in [0, 0.1) is 5.92 Å². The van der Waals surface area contributed by atoms with Crippen LogP contribution in [0.1, 0.15) is 48.5 Å². The normalized spacial score (nSPS) is 20.3. The standard InChI is InChI=1S/C32H34Cl2N4O4/c1-3-35-32(40)36-16-25-6-4-5-7-26(25)22-12-14-24(15-13-22)31-41-27(17-38-19-37-29(33)30(38)34)20(2)28(42-31)23-10-8-21(18-39)9-11-23/h4-15,19-20,27-28,31,39H,3,16-18H2,1-2H3,(H2,35,36,40)/t20-,27+,28+,31+/m0/s1. The van der Waals surface area contributed by atoms with Crippen molar-refractivity contribution >= 4 is 29.2 Å². The highest BCUT2D eigenvalue weighted by Crippen LogP contribution is 2.42. The predicted molar refractivity (Wildman–Crippen MR) is 163 cm³/mol. The van der Waals surface area contributed by atoms with Crippen molar-refractivity contribution < 1.29 is 19.4 Å². The van der Waals surface area contributed by atoms with Crippen LogP contribution >= 0.6 is 23.2 Å². The molecule has 1 aliphatic heterocycles. The number of rotatable bonds is 9. The number of aliphatic hydroxyl groups is 1. The Labute approximate surface area is 255 Å². The number of carbonyl (C=O) groups is 1. The van der Waals surface area contributed by atoms with E-state index in [9.17, 15) is 9.90 Å². The number of nitrogens with zero attached hydrogens (tertiary/aromatic N) is 2. The number of imidazole rings is 1. The summed E-state index contributed by atoms with van der Waals surface area (Å²) in [6, 6.07) is 23.7. The van der Waals surface area contributed by atoms with E-state index in [0.29, 0.717) is 24.8 Å². The zero-order chi connectivity index (χ0) is 29.6. The van der Waals surface area contributed by atoms with E-state index < -0.39 is 6.29 Å². The van der Waals surface area contributed by atoms with Gasteiger partial charge in [0.25, 0.3) is 0 Å². The first kappa shape index (κ1) is 30.1. The lowest BCUT2D eigenvalue weighted by atomic mass is 9.90. The molecule has 220 valence electrons. The zero-order valence-corrected chi connectivity index (χ0v) is 25.0. The zero-order valence-electron chi connectivity index (χ0n) is 23.5. The fourth-order valence-electron chi connectivity index (χ4n) is 5.17. The smallest absolute Gasteiger partial charge is 0.315 e. The molecule has 4 aromatic rings. The number of aromatic nitrogens is 2. The molecule has 1 fully saturated rings. The molecule has 8 nitrogen and oxygen atoms in total. The van der Waals surface area contributed by atoms with E-state index in [0.717, 1.165) is 33.4 Å². The molecular formula is C32H34Cl2N4O4. The molecule has 10 heteroatoms. The number of benzene rings is 3. The van der Waals surface area contributed by atoms with Gasteiger partial charge in [-0.15, -0.1) is 0 Å². The van der Waals surface area contributed by atoms with E-state index in [1.54, 1.807) is 10.9 Å². The van der Waals surface area contributed by atoms with Crippen LogP contribution in [-0.2, 0) is 29.2 Å². The molecule has 5 rings (SSSR count). The Bertz CT molecular complexity index is 1490. The SMILES string of the molecule is CCNC(=O)NCc1ccccc1-c1ccc([C@@H]2O[C@H](Cn3cnc(Cl)c3Cl)[C@H](C)[C@H](c3ccc(CO)cc3)O2)cc1. The van der Waals surface area contributed by atoms with E-state index >= 15 is 0 Å². The van der Waals surface area contributed by atoms with Gasteiger partial charge in [0.2, 0.25) is 0 Å². The van der Waals surface area contributed by atoms with Gasteiger partial charge in [0.05, 0.1) is 31.7 Å². The number of hydrogen-bond acceptors (Lipinski definition) is 5. The molecule has 0 bridgehead atoms. The number of ether oxygens (including phenoxy) is 2. The average molecular weight is 610 g/mol. The fraction of sp³-hybridized carbons (Fsp3) is 0.312. The summed E-state index contributed by atoms with van der Waals surface area (Å²) in [6.07, 6.45) is 0.466. The van der Waals surface area contributed by atoms with Gasteiger partial charge in [0, 0.05) is 24.6 Å². The van der Waals surface area contributed by atoms with Crippen molar-refractivity contribution in [2.75, 3.05) is 6.54 Å². The molecule has 3 N–H and O–H groups in total. The lowest BCUT2D eigenvalue weighted by Crippen LogP contribution is -2.39. The number of urea groups is 1. The second-order valence-electron chi connectivity index (χ2n) is 10.3. The molecule has 0 saturated carbocycles. The minimum Gasteiger partial charge on any atom is -0.392 e. The number of halogens is 2. The summed E-state index contributed by atoms with van der Waals surface area (Å²) >= 11 is 12.5. The van der Waals surface area contributed by atoms with Crippen LogP contribution in [0.2, 0.25) is 10.3 Å². The highest BCUT2D eigenvalue weighted by atomic mass is 35.5. The monoisotopic (exact) mass is 608 g/mol. The minimum absolute atomic E-state index is 0.0208. The molecule has 0 aliphatic carbocycles. The molecule has 0 spiro atoms. The van der Waals surface area contributed by atoms with Crippen molar-refractivity contribution in [3.8, 4) is 11.1 Å². The van der Waals surface area contributed by atoms with Crippen molar-refractivity contribution in [2.45, 2.75) is 52.0 Å². The van der Waals surface area contributed by atoms with E-state index in [1.807, 2.05) is 79.7 Å². The van der Waals surface area contributed by atoms with E-state index in [4.69, 9.17) is 32.7 Å². The van der Waals surface area contributed by atoms with Crippen LogP contribution < -0.4 is 10.6 Å². The van der Waals surface area contributed by atoms with Crippen molar-refractivity contribution in [3.05, 3.63) is 112 Å². The van der Waals surface area contributed by atoms with Crippen molar-refractivity contribution in [2.24, 2.45) is 5.92 Å². The Balaban J connectivity index is 1.40. The first-order valence-corrected chi connectivity index (χ1v) is 14.7. The number of aliphatic hydroxyl groups excluding tert-OH is 1. The summed E-state index contributed by atoms with van der Waals surface area (Å²) in [5, 5.41) is 15.8. The van der Waals surface area contributed by atoms with Crippen LogP contribution in [0.15, 0.2) is 79.1 Å². The summed E-state index contributed by atoms with van der Waals surface area (Å²) in [7, 11) is 0. The molecule has 1 aromatic heterocycles. The first-order valence-electron chi connectivity index (χ1n) is 13.9. The molecular weight excluding hydrogens is 575 g/mol. The number of carbonyl (C=O) groups excluding carboxylic acids is 1. The van der Waals surface area contributed by atoms with Crippen molar-refractivity contribution in [3.63, 3.8) is 0 Å². The number of amides is 2. The summed E-state index contributed by atoms with van der Waals surface area (Å²) in [5.74, 6) is -0.0259. The maximum Gasteiger partial charge on any atom is 0.315 e. The third-order valence-electron chi connectivity index (χ3n) is 7.52. The fourth-order valence-corrected chi connectivity index (χ4v) is 5.48. The highest BCUT2D eigenvalue weighted by Gasteiger charge is 2.38. The van der Waals surface area contributed by atoms with Gasteiger partial charge in [-0.05, 0) is 34.7 Å². The van der Waals surface area contributed by atoms with Crippen molar-refractivity contribution in [1.82, 2.24) is 20.2 Å². The quantitative estimate of drug-likeness (QED) is 0.197. The van der Waals surface area contributed by atoms with Crippen LogP contribution in [0.3, 0.4) is 0 Å². The van der Waals surface area contributed by atoms with Crippen molar-refractivity contribution in [1.29, 1.82) is 0 Å². The number of nitrogens with one attached hydrogen (secondary N) is 2. The molecule has 42 heavy (non-hydrogen) atoms. The number of hydrogen-bond donors (Lipinski definition) is 3. The molecule has 2 heterocycles. The summed E-state index contributed by atoms with van der Waals surface area (Å²) in [4.78, 5) is 16.1. The average Bonchev–Trinajstić information content (AvgIpc) is 3.33. The van der Waals surface area contributed by atoms with Gasteiger partial charge in [-0.25, -0.2) is 9.78 Å². The molecule has 2 amide bonds. The van der Waals surface area contributed by atoms with Gasteiger partial charge in [-0.1, -0.05) is 103 Å². The third-order valence-corrected chi connectivity index (χ3v) is 8.29. The molecule has 0 unspecified atom stereocenters. The van der Waals surface area contributed by atoms with Crippen LogP contribution in [0.4, 0.5) is 4.79 Å². The largest absolute Gasteiger partial charge is 0.392 e. The Hall–Kier alpha value is -3.40. The van der Waals surface area contributed by atoms with Crippen LogP contribution in [0.5, 0.6) is 0 Å². The predicted octanol–water partition coefficient (Wildman–Crippen LogP) is 6.66. The van der Waals surface area contributed by atoms with Gasteiger partial charge in [-0.2, -0.15) is 0 Å². The summed E-state index contributed by atoms with van der Waals surface area (Å²) in [5.41, 5.74) is 5.77. The van der Waals surface area contributed by atoms with Crippen LogP contribution in [0.25, 0.3) is 11.1 Å². The Morgan fingerprint density at radius 1 is 0.976 bits per heavy atom. The minimum atomic E-state index is -0.629. The van der Waals surface area contributed by atoms with Gasteiger partial charge >= 0.3 is 6.03 Å². The highest BCUT2D eigenvalue weighted by molar-refractivity contribution is 6.40.